The normalized spacial score (nSPS) is 19.2. The average Bonchev–Trinajstić information content (AvgIpc) is 2.40. The van der Waals surface area contributed by atoms with Crippen LogP contribution in [-0.4, -0.2) is 25.8 Å². The summed E-state index contributed by atoms with van der Waals surface area (Å²) in [6, 6.07) is 0. The Kier molecular flexibility index (Phi) is 23.8. The Hall–Kier alpha value is 3.00. The van der Waals surface area contributed by atoms with Gasteiger partial charge in [-0.3, -0.25) is 4.79 Å². The van der Waals surface area contributed by atoms with E-state index < -0.39 is 0 Å². The summed E-state index contributed by atoms with van der Waals surface area (Å²) in [6.07, 6.45) is 0.706. The summed E-state index contributed by atoms with van der Waals surface area (Å²) < 4.78 is 4.56. The monoisotopic (exact) mass is 316 g/mol. The molecule has 0 aromatic rings. The van der Waals surface area contributed by atoms with Gasteiger partial charge in [0.2, 0.25) is 0 Å². The molecule has 1 aliphatic heterocycles. The minimum Gasteiger partial charge on any atom is -0.857 e. The number of ether oxygens (including phenoxy) is 1. The van der Waals surface area contributed by atoms with Crippen molar-refractivity contribution in [2.45, 2.75) is 18.9 Å². The molecule has 1 heterocycles. The summed E-state index contributed by atoms with van der Waals surface area (Å²) in [5, 5.41) is 18.3. The van der Waals surface area contributed by atoms with Crippen LogP contribution in [0.15, 0.2) is 0 Å². The first kappa shape index (κ1) is 20.4. The van der Waals surface area contributed by atoms with E-state index in [4.69, 9.17) is 5.11 Å². The zero-order valence-electron chi connectivity index (χ0n) is 7.83. The van der Waals surface area contributed by atoms with Crippen molar-refractivity contribution in [3.8, 4) is 0 Å². The van der Waals surface area contributed by atoms with Crippen molar-refractivity contribution >= 4 is 5.97 Å². The first-order valence-corrected chi connectivity index (χ1v) is 3.01. The van der Waals surface area contributed by atoms with Crippen LogP contribution in [0.3, 0.4) is 0 Å². The van der Waals surface area contributed by atoms with Gasteiger partial charge in [-0.2, -0.15) is 7.11 Å². The maximum atomic E-state index is 10.3. The van der Waals surface area contributed by atoms with E-state index in [1.165, 1.54) is 0 Å². The van der Waals surface area contributed by atoms with Crippen molar-refractivity contribution in [1.82, 2.24) is 0 Å². The topological polar surface area (TPSA) is 72.4 Å². The van der Waals surface area contributed by atoms with E-state index >= 15 is 0 Å². The van der Waals surface area contributed by atoms with Crippen LogP contribution in [-0.2, 0) is 9.53 Å². The van der Waals surface area contributed by atoms with Crippen molar-refractivity contribution in [2.24, 2.45) is 0 Å². The molecule has 0 aliphatic carbocycles. The van der Waals surface area contributed by atoms with Crippen LogP contribution in [0, 0.1) is 0 Å². The number of hydrogen-bond donors (Lipinski definition) is 0. The second-order valence-corrected chi connectivity index (χ2v) is 1.82. The van der Waals surface area contributed by atoms with Gasteiger partial charge in [0, 0.05) is 6.42 Å². The second-order valence-electron chi connectivity index (χ2n) is 1.82. The molecule has 0 aromatic heterocycles. The third kappa shape index (κ3) is 9.55. The quantitative estimate of drug-likeness (QED) is 0.451. The molecule has 6 heteroatoms. The van der Waals surface area contributed by atoms with E-state index in [2.05, 4.69) is 4.74 Å². The van der Waals surface area contributed by atoms with Crippen LogP contribution < -0.4 is 127 Å². The van der Waals surface area contributed by atoms with E-state index in [-0.39, 0.29) is 135 Å². The van der Waals surface area contributed by atoms with Crippen molar-refractivity contribution in [1.29, 1.82) is 0 Å². The molecule has 0 aromatic carbocycles. The van der Waals surface area contributed by atoms with Crippen LogP contribution in [0.1, 0.15) is 12.8 Å². The van der Waals surface area contributed by atoms with Gasteiger partial charge in [-0.05, 0) is 6.42 Å². The van der Waals surface area contributed by atoms with Gasteiger partial charge in [0.15, 0.2) is 0 Å². The zero-order chi connectivity index (χ0) is 7.98. The third-order valence-corrected chi connectivity index (χ3v) is 1.15. The number of cyclic esters (lactones) is 1. The Labute approximate surface area is 170 Å². The fraction of sp³-hybridized carbons (Fsp3) is 0.833. The fourth-order valence-corrected chi connectivity index (χ4v) is 0.700. The number of rotatable bonds is 1. The van der Waals surface area contributed by atoms with Crippen LogP contribution >= 0.6 is 0 Å². The minimum atomic E-state index is -0.331. The molecule has 1 rings (SSSR count). The number of carbonyl (C=O) groups is 1. The van der Waals surface area contributed by atoms with E-state index in [0.29, 0.717) is 12.8 Å². The number of hydrogen-bond acceptors (Lipinski definition) is 4. The van der Waals surface area contributed by atoms with Gasteiger partial charge in [0.1, 0.15) is 0 Å². The van der Waals surface area contributed by atoms with Gasteiger partial charge < -0.3 is 14.9 Å². The molecule has 0 saturated carbocycles. The summed E-state index contributed by atoms with van der Waals surface area (Å²) in [6.45, 7) is -0.286. The van der Waals surface area contributed by atoms with Gasteiger partial charge in [0.25, 0.3) is 0 Å². The molecule has 0 N–H and O–H groups in total. The van der Waals surface area contributed by atoms with Crippen LogP contribution in [0.2, 0.25) is 0 Å². The standard InChI is InChI=1S/C5H7O3.CH3O.2Rb/c6-3-4-1-2-5(7)8-4;1-2;;/h4H,1-3H2;1H3;;/q2*-1;2*+1. The molecule has 12 heavy (non-hydrogen) atoms. The SMILES string of the molecule is C[O-].O=C1CCC(C[O-])O1.[Rb+].[Rb+]. The largest absolute Gasteiger partial charge is 1.00 e. The molecule has 0 amide bonds. The molecule has 60 valence electrons. The Balaban J connectivity index is -0.000000189. The van der Waals surface area contributed by atoms with Gasteiger partial charge in [-0.15, -0.1) is 6.61 Å². The minimum absolute atomic E-state index is 0. The maximum absolute atomic E-state index is 10.3. The fourth-order valence-electron chi connectivity index (χ4n) is 0.700. The van der Waals surface area contributed by atoms with Gasteiger partial charge in [-0.1, -0.05) is 0 Å². The van der Waals surface area contributed by atoms with Crippen molar-refractivity contribution in [3.63, 3.8) is 0 Å². The Bertz CT molecular complexity index is 110. The smallest absolute Gasteiger partial charge is 0.857 e. The molecule has 1 fully saturated rings. The predicted molar refractivity (Wildman–Crippen MR) is 29.9 cm³/mol. The van der Waals surface area contributed by atoms with E-state index in [1.54, 1.807) is 0 Å². The third-order valence-electron chi connectivity index (χ3n) is 1.15. The second kappa shape index (κ2) is 14.0. The number of carbonyl (C=O) groups excluding carboxylic acids is 1. The van der Waals surface area contributed by atoms with Crippen LogP contribution in [0.5, 0.6) is 0 Å². The van der Waals surface area contributed by atoms with Crippen LogP contribution in [0.25, 0.3) is 0 Å². The predicted octanol–water partition coefficient (Wildman–Crippen LogP) is -7.96. The Morgan fingerprint density at radius 3 is 2.17 bits per heavy atom. The summed E-state index contributed by atoms with van der Waals surface area (Å²) in [7, 11) is 0.750. The first-order valence-electron chi connectivity index (χ1n) is 3.01. The molecular weight excluding hydrogens is 307 g/mol. The first-order chi connectivity index (χ1) is 4.83. The van der Waals surface area contributed by atoms with Crippen molar-refractivity contribution in [3.05, 3.63) is 0 Å². The Morgan fingerprint density at radius 2 is 2.00 bits per heavy atom. The zero-order valence-corrected chi connectivity index (χ0v) is 17.7. The average molecular weight is 317 g/mol. The molecule has 0 bridgehead atoms. The molecule has 1 unspecified atom stereocenters. The summed E-state index contributed by atoms with van der Waals surface area (Å²) in [5.74, 6) is -0.231. The molecule has 1 aliphatic rings. The van der Waals surface area contributed by atoms with E-state index in [9.17, 15) is 9.90 Å². The summed E-state index contributed by atoms with van der Waals surface area (Å²) >= 11 is 0. The molecule has 1 atom stereocenters. The van der Waals surface area contributed by atoms with Gasteiger partial charge >= 0.3 is 122 Å². The van der Waals surface area contributed by atoms with Crippen molar-refractivity contribution in [2.75, 3.05) is 13.7 Å². The molecule has 0 radical (unpaired) electrons. The number of esters is 1. The van der Waals surface area contributed by atoms with E-state index in [1.807, 2.05) is 0 Å². The van der Waals surface area contributed by atoms with Gasteiger partial charge in [-0.25, -0.2) is 0 Å². The van der Waals surface area contributed by atoms with E-state index in [0.717, 1.165) is 7.11 Å². The molecule has 4 nitrogen and oxygen atoms in total. The summed E-state index contributed by atoms with van der Waals surface area (Å²) in [4.78, 5) is 10.3. The van der Waals surface area contributed by atoms with Gasteiger partial charge in [0.05, 0.1) is 6.10 Å². The molecule has 1 saturated heterocycles. The molecule has 0 spiro atoms. The van der Waals surface area contributed by atoms with Crippen LogP contribution in [0.4, 0.5) is 0 Å². The van der Waals surface area contributed by atoms with Crippen molar-refractivity contribution < 1.29 is 136 Å². The summed E-state index contributed by atoms with van der Waals surface area (Å²) in [5.41, 5.74) is 0. The maximum Gasteiger partial charge on any atom is 1.00 e. The Morgan fingerprint density at radius 1 is 1.50 bits per heavy atom. The molecular formula is C6H10O4Rb2.